The van der Waals surface area contributed by atoms with E-state index >= 15 is 0 Å². The molecule has 3 nitrogen and oxygen atoms in total. The van der Waals surface area contributed by atoms with Crippen molar-refractivity contribution < 1.29 is 14.6 Å². The van der Waals surface area contributed by atoms with Crippen molar-refractivity contribution >= 4 is 0 Å². The number of aliphatic hydroxyl groups is 1. The molecule has 0 saturated heterocycles. The highest BCUT2D eigenvalue weighted by Crippen LogP contribution is 2.19. The van der Waals surface area contributed by atoms with Crippen molar-refractivity contribution in [2.75, 3.05) is 13.2 Å². The fourth-order valence-corrected chi connectivity index (χ4v) is 1.19. The Balaban J connectivity index is 2.45. The molecule has 0 aliphatic rings. The Morgan fingerprint density at radius 3 is 2.06 bits per heavy atom. The molecule has 0 fully saturated rings. The Kier molecular flexibility index (Phi) is 5.29. The Bertz CT molecular complexity index is 317. The Morgan fingerprint density at radius 2 is 1.59 bits per heavy atom. The third kappa shape index (κ3) is 5.09. The van der Waals surface area contributed by atoms with E-state index in [1.165, 1.54) is 0 Å². The van der Waals surface area contributed by atoms with Gasteiger partial charge >= 0.3 is 0 Å². The Hall–Kier alpha value is -1.22. The highest BCUT2D eigenvalue weighted by Gasteiger charge is 2.18. The van der Waals surface area contributed by atoms with Gasteiger partial charge in [-0.3, -0.25) is 0 Å². The fraction of sp³-hybridized carbons (Fsp3) is 0.571. The number of hydrogen-bond acceptors (Lipinski definition) is 3. The molecule has 0 aliphatic carbocycles. The standard InChI is InChI=1S/C14H22O3/c1-4-10-16-12-6-8-13(9-7-12)17-11-14(3,15)5-2/h6-9,15H,4-5,10-11H2,1-3H3. The first-order valence-corrected chi connectivity index (χ1v) is 6.15. The van der Waals surface area contributed by atoms with Gasteiger partial charge in [-0.25, -0.2) is 0 Å². The summed E-state index contributed by atoms with van der Waals surface area (Å²) in [7, 11) is 0. The lowest BCUT2D eigenvalue weighted by atomic mass is 10.1. The van der Waals surface area contributed by atoms with Crippen LogP contribution in [0.1, 0.15) is 33.6 Å². The summed E-state index contributed by atoms with van der Waals surface area (Å²) in [6, 6.07) is 7.48. The lowest BCUT2D eigenvalue weighted by Crippen LogP contribution is -2.31. The van der Waals surface area contributed by atoms with Gasteiger partial charge in [0, 0.05) is 0 Å². The summed E-state index contributed by atoms with van der Waals surface area (Å²) in [4.78, 5) is 0. The van der Waals surface area contributed by atoms with Crippen molar-refractivity contribution in [2.45, 2.75) is 39.2 Å². The van der Waals surface area contributed by atoms with Gasteiger partial charge in [-0.2, -0.15) is 0 Å². The minimum absolute atomic E-state index is 0.304. The van der Waals surface area contributed by atoms with Crippen LogP contribution in [0, 0.1) is 0 Å². The fourth-order valence-electron chi connectivity index (χ4n) is 1.19. The van der Waals surface area contributed by atoms with Gasteiger partial charge in [0.2, 0.25) is 0 Å². The molecule has 17 heavy (non-hydrogen) atoms. The van der Waals surface area contributed by atoms with Crippen molar-refractivity contribution in [3.63, 3.8) is 0 Å². The zero-order chi connectivity index (χ0) is 12.7. The van der Waals surface area contributed by atoms with Gasteiger partial charge < -0.3 is 14.6 Å². The van der Waals surface area contributed by atoms with Gasteiger partial charge in [0.15, 0.2) is 0 Å². The number of ether oxygens (including phenoxy) is 2. The summed E-state index contributed by atoms with van der Waals surface area (Å²) in [5, 5.41) is 9.81. The average molecular weight is 238 g/mol. The Morgan fingerprint density at radius 1 is 1.06 bits per heavy atom. The van der Waals surface area contributed by atoms with Gasteiger partial charge in [0.05, 0.1) is 12.2 Å². The molecule has 0 bridgehead atoms. The van der Waals surface area contributed by atoms with Crippen LogP contribution in [0.2, 0.25) is 0 Å². The largest absolute Gasteiger partial charge is 0.494 e. The first kappa shape index (κ1) is 13.8. The zero-order valence-corrected chi connectivity index (χ0v) is 10.9. The molecule has 0 saturated carbocycles. The van der Waals surface area contributed by atoms with E-state index < -0.39 is 5.60 Å². The minimum Gasteiger partial charge on any atom is -0.494 e. The first-order chi connectivity index (χ1) is 8.07. The van der Waals surface area contributed by atoms with E-state index in [0.29, 0.717) is 13.0 Å². The van der Waals surface area contributed by atoms with Crippen LogP contribution < -0.4 is 9.47 Å². The maximum absolute atomic E-state index is 9.81. The summed E-state index contributed by atoms with van der Waals surface area (Å²) in [5.41, 5.74) is -0.766. The zero-order valence-electron chi connectivity index (χ0n) is 10.9. The van der Waals surface area contributed by atoms with Gasteiger partial charge in [0.1, 0.15) is 18.1 Å². The quantitative estimate of drug-likeness (QED) is 0.793. The second-order valence-corrected chi connectivity index (χ2v) is 4.46. The molecule has 0 heterocycles. The lowest BCUT2D eigenvalue weighted by Gasteiger charge is -2.21. The van der Waals surface area contributed by atoms with Crippen molar-refractivity contribution in [3.05, 3.63) is 24.3 Å². The van der Waals surface area contributed by atoms with Gasteiger partial charge in [-0.05, 0) is 44.0 Å². The third-order valence-corrected chi connectivity index (χ3v) is 2.61. The Labute approximate surface area is 103 Å². The SMILES string of the molecule is CCCOc1ccc(OCC(C)(O)CC)cc1. The number of benzene rings is 1. The van der Waals surface area contributed by atoms with Gasteiger partial charge in [-0.15, -0.1) is 0 Å². The molecule has 1 rings (SSSR count). The molecule has 0 spiro atoms. The predicted molar refractivity (Wildman–Crippen MR) is 68.6 cm³/mol. The molecule has 0 amide bonds. The summed E-state index contributed by atoms with van der Waals surface area (Å²) in [6.45, 7) is 6.81. The maximum atomic E-state index is 9.81. The molecule has 3 heteroatoms. The predicted octanol–water partition coefficient (Wildman–Crippen LogP) is 3.02. The van der Waals surface area contributed by atoms with E-state index in [0.717, 1.165) is 24.5 Å². The average Bonchev–Trinajstić information content (AvgIpc) is 2.35. The second kappa shape index (κ2) is 6.50. The van der Waals surface area contributed by atoms with Crippen LogP contribution in [0.25, 0.3) is 0 Å². The third-order valence-electron chi connectivity index (χ3n) is 2.61. The van der Waals surface area contributed by atoms with Crippen LogP contribution in [0.15, 0.2) is 24.3 Å². The smallest absolute Gasteiger partial charge is 0.119 e. The molecule has 96 valence electrons. The molecule has 0 aromatic heterocycles. The van der Waals surface area contributed by atoms with Crippen LogP contribution in [0.3, 0.4) is 0 Å². The van der Waals surface area contributed by atoms with Crippen molar-refractivity contribution in [1.29, 1.82) is 0 Å². The van der Waals surface area contributed by atoms with E-state index in [9.17, 15) is 5.11 Å². The van der Waals surface area contributed by atoms with E-state index in [2.05, 4.69) is 6.92 Å². The summed E-state index contributed by atoms with van der Waals surface area (Å²) >= 11 is 0. The van der Waals surface area contributed by atoms with Crippen LogP contribution in [0.5, 0.6) is 11.5 Å². The maximum Gasteiger partial charge on any atom is 0.119 e. The molecule has 1 aromatic carbocycles. The normalized spacial score (nSPS) is 14.1. The highest BCUT2D eigenvalue weighted by atomic mass is 16.5. The summed E-state index contributed by atoms with van der Waals surface area (Å²) in [5.74, 6) is 1.60. The van der Waals surface area contributed by atoms with Crippen molar-refractivity contribution in [2.24, 2.45) is 0 Å². The second-order valence-electron chi connectivity index (χ2n) is 4.46. The number of hydrogen-bond donors (Lipinski definition) is 1. The van der Waals surface area contributed by atoms with Gasteiger partial charge in [0.25, 0.3) is 0 Å². The van der Waals surface area contributed by atoms with Crippen LogP contribution in [0.4, 0.5) is 0 Å². The number of rotatable bonds is 7. The van der Waals surface area contributed by atoms with E-state index in [4.69, 9.17) is 9.47 Å². The van der Waals surface area contributed by atoms with Gasteiger partial charge in [-0.1, -0.05) is 13.8 Å². The molecule has 1 atom stereocenters. The molecular formula is C14H22O3. The topological polar surface area (TPSA) is 38.7 Å². The van der Waals surface area contributed by atoms with Crippen LogP contribution in [-0.4, -0.2) is 23.9 Å². The molecule has 1 N–H and O–H groups in total. The van der Waals surface area contributed by atoms with Crippen molar-refractivity contribution in [3.8, 4) is 11.5 Å². The van der Waals surface area contributed by atoms with E-state index in [-0.39, 0.29) is 0 Å². The highest BCUT2D eigenvalue weighted by molar-refractivity contribution is 5.31. The molecule has 1 unspecified atom stereocenters. The first-order valence-electron chi connectivity index (χ1n) is 6.15. The minimum atomic E-state index is -0.766. The summed E-state index contributed by atoms with van der Waals surface area (Å²) in [6.07, 6.45) is 1.67. The molecule has 0 aliphatic heterocycles. The monoisotopic (exact) mass is 238 g/mol. The molecule has 0 radical (unpaired) electrons. The van der Waals surface area contributed by atoms with Crippen LogP contribution >= 0.6 is 0 Å². The molecule has 1 aromatic rings. The molecular weight excluding hydrogens is 216 g/mol. The van der Waals surface area contributed by atoms with E-state index in [1.54, 1.807) is 6.92 Å². The lowest BCUT2D eigenvalue weighted by molar-refractivity contribution is 0.00846. The van der Waals surface area contributed by atoms with Crippen LogP contribution in [-0.2, 0) is 0 Å². The van der Waals surface area contributed by atoms with E-state index in [1.807, 2.05) is 31.2 Å². The summed E-state index contributed by atoms with van der Waals surface area (Å²) < 4.78 is 11.0. The van der Waals surface area contributed by atoms with Crippen molar-refractivity contribution in [1.82, 2.24) is 0 Å².